The Morgan fingerprint density at radius 2 is 1.74 bits per heavy atom. The maximum absolute atomic E-state index is 12.1. The largest absolute Gasteiger partial charge is 0.489 e. The Bertz CT molecular complexity index is 1260. The van der Waals surface area contributed by atoms with Crippen molar-refractivity contribution in [3.8, 4) is 17.2 Å². The Morgan fingerprint density at radius 3 is 2.46 bits per heavy atom. The predicted molar refractivity (Wildman–Crippen MR) is 136 cm³/mol. The summed E-state index contributed by atoms with van der Waals surface area (Å²) < 4.78 is 41.1. The van der Waals surface area contributed by atoms with Gasteiger partial charge in [0.1, 0.15) is 12.4 Å². The molecule has 1 aliphatic heterocycles. The molecule has 8 heteroatoms. The number of aliphatic hydroxyl groups excluding tert-OH is 1. The van der Waals surface area contributed by atoms with Gasteiger partial charge in [-0.1, -0.05) is 36.4 Å². The van der Waals surface area contributed by atoms with Gasteiger partial charge in [-0.05, 0) is 49.2 Å². The molecule has 0 aromatic heterocycles. The SMILES string of the molecule is CC(C)N(CC(O)c1ccc(OCc2ccccc2)c(CS(C)(=O)=O)c1)c1ccc2c(c1)OCO2. The first kappa shape index (κ1) is 24.9. The molecule has 1 aliphatic rings. The third-order valence-corrected chi connectivity index (χ3v) is 6.64. The topological polar surface area (TPSA) is 85.3 Å². The van der Waals surface area contributed by atoms with Gasteiger partial charge in [-0.15, -0.1) is 0 Å². The molecule has 35 heavy (non-hydrogen) atoms. The van der Waals surface area contributed by atoms with E-state index in [-0.39, 0.29) is 18.6 Å². The molecule has 0 aliphatic carbocycles. The summed E-state index contributed by atoms with van der Waals surface area (Å²) >= 11 is 0. The first-order valence-electron chi connectivity index (χ1n) is 11.5. The molecule has 0 amide bonds. The average Bonchev–Trinajstić information content (AvgIpc) is 3.29. The summed E-state index contributed by atoms with van der Waals surface area (Å²) in [5.41, 5.74) is 3.04. The first-order chi connectivity index (χ1) is 16.7. The van der Waals surface area contributed by atoms with Crippen LogP contribution < -0.4 is 19.1 Å². The van der Waals surface area contributed by atoms with Crippen molar-refractivity contribution >= 4 is 15.5 Å². The number of fused-ring (bicyclic) bond motifs is 1. The van der Waals surface area contributed by atoms with E-state index in [1.54, 1.807) is 18.2 Å². The highest BCUT2D eigenvalue weighted by atomic mass is 32.2. The van der Waals surface area contributed by atoms with E-state index in [0.29, 0.717) is 41.5 Å². The van der Waals surface area contributed by atoms with Crippen LogP contribution in [0.25, 0.3) is 0 Å². The Morgan fingerprint density at radius 1 is 1.00 bits per heavy atom. The van der Waals surface area contributed by atoms with E-state index in [1.165, 1.54) is 6.26 Å². The lowest BCUT2D eigenvalue weighted by molar-refractivity contribution is 0.173. The van der Waals surface area contributed by atoms with E-state index in [1.807, 2.05) is 62.4 Å². The van der Waals surface area contributed by atoms with E-state index in [9.17, 15) is 13.5 Å². The fourth-order valence-electron chi connectivity index (χ4n) is 4.05. The lowest BCUT2D eigenvalue weighted by Crippen LogP contribution is -2.34. The molecule has 3 aromatic rings. The van der Waals surface area contributed by atoms with Crippen molar-refractivity contribution in [2.75, 3.05) is 24.5 Å². The summed E-state index contributed by atoms with van der Waals surface area (Å²) in [6, 6.07) is 20.7. The van der Waals surface area contributed by atoms with Crippen LogP contribution in [0.15, 0.2) is 66.7 Å². The van der Waals surface area contributed by atoms with Crippen LogP contribution in [0.1, 0.15) is 36.6 Å². The molecule has 186 valence electrons. The molecule has 0 bridgehead atoms. The Balaban J connectivity index is 1.55. The Kier molecular flexibility index (Phi) is 7.52. The Labute approximate surface area is 206 Å². The van der Waals surface area contributed by atoms with Gasteiger partial charge in [0.25, 0.3) is 0 Å². The highest BCUT2D eigenvalue weighted by Crippen LogP contribution is 2.36. The van der Waals surface area contributed by atoms with Crippen LogP contribution in [-0.4, -0.2) is 39.2 Å². The zero-order valence-corrected chi connectivity index (χ0v) is 21.0. The molecule has 0 spiro atoms. The zero-order chi connectivity index (χ0) is 25.0. The molecule has 0 saturated heterocycles. The lowest BCUT2D eigenvalue weighted by atomic mass is 10.0. The van der Waals surface area contributed by atoms with Crippen LogP contribution >= 0.6 is 0 Å². The number of benzene rings is 3. The highest BCUT2D eigenvalue weighted by molar-refractivity contribution is 7.89. The van der Waals surface area contributed by atoms with Crippen LogP contribution in [-0.2, 0) is 22.2 Å². The monoisotopic (exact) mass is 497 g/mol. The van der Waals surface area contributed by atoms with Gasteiger partial charge in [-0.25, -0.2) is 8.42 Å². The van der Waals surface area contributed by atoms with Gasteiger partial charge >= 0.3 is 0 Å². The molecule has 0 radical (unpaired) electrons. The number of nitrogens with zero attached hydrogens (tertiary/aromatic N) is 1. The molecule has 1 unspecified atom stereocenters. The first-order valence-corrected chi connectivity index (χ1v) is 13.6. The number of hydrogen-bond donors (Lipinski definition) is 1. The molecule has 0 saturated carbocycles. The van der Waals surface area contributed by atoms with Gasteiger partial charge in [-0.2, -0.15) is 0 Å². The summed E-state index contributed by atoms with van der Waals surface area (Å²) in [5.74, 6) is 1.70. The van der Waals surface area contributed by atoms with Crippen LogP contribution in [0.3, 0.4) is 0 Å². The van der Waals surface area contributed by atoms with Crippen molar-refractivity contribution < 1.29 is 27.7 Å². The molecule has 1 heterocycles. The number of hydrogen-bond acceptors (Lipinski definition) is 7. The van der Waals surface area contributed by atoms with Crippen molar-refractivity contribution in [3.63, 3.8) is 0 Å². The molecular formula is C27H31NO6S. The summed E-state index contributed by atoms with van der Waals surface area (Å²) in [7, 11) is -3.31. The van der Waals surface area contributed by atoms with E-state index in [2.05, 4.69) is 4.90 Å². The van der Waals surface area contributed by atoms with Gasteiger partial charge in [0.05, 0.1) is 11.9 Å². The fourth-order valence-corrected chi connectivity index (χ4v) is 4.84. The Hall–Kier alpha value is -3.23. The normalized spacial score (nSPS) is 13.6. The highest BCUT2D eigenvalue weighted by Gasteiger charge is 2.22. The van der Waals surface area contributed by atoms with E-state index < -0.39 is 15.9 Å². The quantitative estimate of drug-likeness (QED) is 0.442. The molecule has 7 nitrogen and oxygen atoms in total. The van der Waals surface area contributed by atoms with Crippen LogP contribution in [0, 0.1) is 0 Å². The number of rotatable bonds is 10. The molecular weight excluding hydrogens is 466 g/mol. The van der Waals surface area contributed by atoms with Crippen LogP contribution in [0.4, 0.5) is 5.69 Å². The smallest absolute Gasteiger partial charge is 0.231 e. The summed E-state index contributed by atoms with van der Waals surface area (Å²) in [6.45, 7) is 4.94. The fraction of sp³-hybridized carbons (Fsp3) is 0.333. The number of aliphatic hydroxyl groups is 1. The average molecular weight is 498 g/mol. The van der Waals surface area contributed by atoms with E-state index >= 15 is 0 Å². The second-order valence-electron chi connectivity index (χ2n) is 9.01. The molecule has 0 fully saturated rings. The summed E-state index contributed by atoms with van der Waals surface area (Å²) in [5, 5.41) is 11.1. The second kappa shape index (κ2) is 10.6. The minimum atomic E-state index is -3.31. The number of ether oxygens (including phenoxy) is 3. The van der Waals surface area contributed by atoms with Crippen molar-refractivity contribution in [3.05, 3.63) is 83.4 Å². The maximum atomic E-state index is 12.1. The van der Waals surface area contributed by atoms with Crippen LogP contribution in [0.5, 0.6) is 17.2 Å². The van der Waals surface area contributed by atoms with Gasteiger partial charge in [-0.3, -0.25) is 0 Å². The second-order valence-corrected chi connectivity index (χ2v) is 11.2. The van der Waals surface area contributed by atoms with Crippen molar-refractivity contribution in [1.29, 1.82) is 0 Å². The van der Waals surface area contributed by atoms with Crippen molar-refractivity contribution in [2.45, 2.75) is 38.4 Å². The van der Waals surface area contributed by atoms with Crippen molar-refractivity contribution in [1.82, 2.24) is 0 Å². The molecule has 4 rings (SSSR count). The third-order valence-electron chi connectivity index (χ3n) is 5.80. The van der Waals surface area contributed by atoms with Crippen LogP contribution in [0.2, 0.25) is 0 Å². The standard InChI is InChI=1S/C27H31NO6S/c1-19(2)28(23-10-12-26-27(14-23)34-18-33-26)15-24(29)21-9-11-25(22(13-21)17-35(3,30)31)32-16-20-7-5-4-6-8-20/h4-14,19,24,29H,15-18H2,1-3H3. The van der Waals surface area contributed by atoms with Gasteiger partial charge in [0.15, 0.2) is 21.3 Å². The van der Waals surface area contributed by atoms with E-state index in [4.69, 9.17) is 14.2 Å². The maximum Gasteiger partial charge on any atom is 0.231 e. The zero-order valence-electron chi connectivity index (χ0n) is 20.2. The molecule has 1 atom stereocenters. The summed E-state index contributed by atoms with van der Waals surface area (Å²) in [4.78, 5) is 2.07. The molecule has 3 aromatic carbocycles. The van der Waals surface area contributed by atoms with Crippen molar-refractivity contribution in [2.24, 2.45) is 0 Å². The van der Waals surface area contributed by atoms with Gasteiger partial charge in [0, 0.05) is 36.2 Å². The predicted octanol–water partition coefficient (Wildman–Crippen LogP) is 4.49. The third kappa shape index (κ3) is 6.46. The van der Waals surface area contributed by atoms with Gasteiger partial charge < -0.3 is 24.2 Å². The van der Waals surface area contributed by atoms with E-state index in [0.717, 1.165) is 11.3 Å². The molecule has 1 N–H and O–H groups in total. The number of anilines is 1. The number of sulfone groups is 1. The minimum absolute atomic E-state index is 0.106. The summed E-state index contributed by atoms with van der Waals surface area (Å²) in [6.07, 6.45) is 0.348. The lowest BCUT2D eigenvalue weighted by Gasteiger charge is -2.31. The van der Waals surface area contributed by atoms with Gasteiger partial charge in [0.2, 0.25) is 6.79 Å². The minimum Gasteiger partial charge on any atom is -0.489 e.